The number of rotatable bonds is 6. The van der Waals surface area contributed by atoms with Crippen LogP contribution in [0.2, 0.25) is 0 Å². The van der Waals surface area contributed by atoms with Gasteiger partial charge in [0.25, 0.3) is 0 Å². The normalized spacial score (nSPS) is 12.0. The molecule has 0 radical (unpaired) electrons. The van der Waals surface area contributed by atoms with Crippen molar-refractivity contribution in [2.75, 3.05) is 16.4 Å². The van der Waals surface area contributed by atoms with Crippen LogP contribution < -0.4 is 4.72 Å². The summed E-state index contributed by atoms with van der Waals surface area (Å²) >= 11 is 5.41. The largest absolute Gasteiger partial charge is 0.418 e. The number of nitrogens with one attached hydrogen (secondary N) is 1. The van der Waals surface area contributed by atoms with E-state index in [-0.39, 0.29) is 23.6 Å². The number of hydrogen-bond acceptors (Lipinski definition) is 3. The average Bonchev–Trinajstić information content (AvgIpc) is 2.37. The van der Waals surface area contributed by atoms with Gasteiger partial charge >= 0.3 is 6.18 Å². The van der Waals surface area contributed by atoms with Crippen molar-refractivity contribution in [2.24, 2.45) is 0 Å². The van der Waals surface area contributed by atoms with Crippen molar-refractivity contribution in [3.05, 3.63) is 29.3 Å². The molecule has 4 nitrogen and oxygen atoms in total. The predicted molar refractivity (Wildman–Crippen MR) is 73.5 cm³/mol. The number of benzene rings is 1. The molecular formula is C12H12ClF3N2O2S. The molecule has 0 fully saturated rings. The fourth-order valence-electron chi connectivity index (χ4n) is 1.54. The number of halogens is 4. The first-order chi connectivity index (χ1) is 9.69. The maximum atomic E-state index is 12.9. The Balaban J connectivity index is 3.06. The Morgan fingerprint density at radius 3 is 2.48 bits per heavy atom. The van der Waals surface area contributed by atoms with Crippen molar-refractivity contribution in [1.82, 2.24) is 0 Å². The first-order valence-corrected chi connectivity index (χ1v) is 8.06. The molecule has 0 aliphatic heterocycles. The lowest BCUT2D eigenvalue weighted by Gasteiger charge is -2.15. The second-order valence-corrected chi connectivity index (χ2v) is 6.41. The highest BCUT2D eigenvalue weighted by Gasteiger charge is 2.34. The maximum absolute atomic E-state index is 12.9. The van der Waals surface area contributed by atoms with Crippen LogP contribution in [0.25, 0.3) is 0 Å². The van der Waals surface area contributed by atoms with Gasteiger partial charge in [-0.1, -0.05) is 0 Å². The lowest BCUT2D eigenvalue weighted by molar-refractivity contribution is -0.136. The van der Waals surface area contributed by atoms with E-state index >= 15 is 0 Å². The zero-order valence-electron chi connectivity index (χ0n) is 10.7. The molecule has 0 bridgehead atoms. The Morgan fingerprint density at radius 2 is 1.95 bits per heavy atom. The molecule has 0 amide bonds. The van der Waals surface area contributed by atoms with Gasteiger partial charge in [0.2, 0.25) is 10.0 Å². The molecule has 0 aliphatic rings. The van der Waals surface area contributed by atoms with Crippen molar-refractivity contribution >= 4 is 27.3 Å². The van der Waals surface area contributed by atoms with Crippen molar-refractivity contribution in [2.45, 2.75) is 19.0 Å². The SMILES string of the molecule is N#Cc1ccc(NS(=O)(=O)CCCCCl)c(C(F)(F)F)c1. The van der Waals surface area contributed by atoms with E-state index in [0.717, 1.165) is 12.1 Å². The highest BCUT2D eigenvalue weighted by Crippen LogP contribution is 2.35. The van der Waals surface area contributed by atoms with E-state index in [1.165, 1.54) is 0 Å². The number of hydrogen-bond donors (Lipinski definition) is 1. The standard InChI is InChI=1S/C12H12ClF3N2O2S/c13-5-1-2-6-21(19,20)18-11-4-3-9(8-17)7-10(11)12(14,15)16/h3-4,7,18H,1-2,5-6H2. The molecule has 0 atom stereocenters. The van der Waals surface area contributed by atoms with E-state index in [4.69, 9.17) is 16.9 Å². The Morgan fingerprint density at radius 1 is 1.29 bits per heavy atom. The Labute approximate surface area is 125 Å². The third-order valence-electron chi connectivity index (χ3n) is 2.52. The van der Waals surface area contributed by atoms with E-state index in [9.17, 15) is 21.6 Å². The minimum atomic E-state index is -4.76. The highest BCUT2D eigenvalue weighted by atomic mass is 35.5. The molecule has 0 saturated heterocycles. The van der Waals surface area contributed by atoms with Crippen LogP contribution in [-0.2, 0) is 16.2 Å². The fourth-order valence-corrected chi connectivity index (χ4v) is 2.93. The van der Waals surface area contributed by atoms with Gasteiger partial charge in [-0.2, -0.15) is 18.4 Å². The van der Waals surface area contributed by atoms with Crippen LogP contribution in [0.5, 0.6) is 0 Å². The molecule has 1 aromatic rings. The van der Waals surface area contributed by atoms with Gasteiger partial charge in [0, 0.05) is 5.88 Å². The predicted octanol–water partition coefficient (Wildman–Crippen LogP) is 3.34. The van der Waals surface area contributed by atoms with E-state index in [0.29, 0.717) is 12.5 Å². The second kappa shape index (κ2) is 7.00. The van der Waals surface area contributed by atoms with Gasteiger partial charge in [-0.3, -0.25) is 4.72 Å². The Bertz CT molecular complexity index is 639. The van der Waals surface area contributed by atoms with Gasteiger partial charge in [-0.25, -0.2) is 8.42 Å². The first-order valence-electron chi connectivity index (χ1n) is 5.87. The van der Waals surface area contributed by atoms with Gasteiger partial charge in [0.1, 0.15) is 0 Å². The second-order valence-electron chi connectivity index (χ2n) is 4.19. The van der Waals surface area contributed by atoms with Gasteiger partial charge in [-0.15, -0.1) is 11.6 Å². The van der Waals surface area contributed by atoms with E-state index in [2.05, 4.69) is 0 Å². The molecule has 21 heavy (non-hydrogen) atoms. The topological polar surface area (TPSA) is 70.0 Å². The number of anilines is 1. The first kappa shape index (κ1) is 17.6. The molecule has 1 N–H and O–H groups in total. The summed E-state index contributed by atoms with van der Waals surface area (Å²) in [6, 6.07) is 4.24. The molecule has 0 unspecified atom stereocenters. The lowest BCUT2D eigenvalue weighted by atomic mass is 10.1. The van der Waals surface area contributed by atoms with E-state index < -0.39 is 27.5 Å². The molecule has 1 aromatic carbocycles. The molecule has 116 valence electrons. The van der Waals surface area contributed by atoms with Crippen molar-refractivity contribution < 1.29 is 21.6 Å². The summed E-state index contributed by atoms with van der Waals surface area (Å²) in [5.41, 5.74) is -1.98. The fraction of sp³-hybridized carbons (Fsp3) is 0.417. The van der Waals surface area contributed by atoms with Crippen LogP contribution in [0.4, 0.5) is 18.9 Å². The smallest absolute Gasteiger partial charge is 0.283 e. The monoisotopic (exact) mass is 340 g/mol. The van der Waals surface area contributed by atoms with Crippen molar-refractivity contribution in [3.63, 3.8) is 0 Å². The number of nitriles is 1. The summed E-state index contributed by atoms with van der Waals surface area (Å²) in [6.07, 6.45) is -4.07. The third-order valence-corrected chi connectivity index (χ3v) is 4.14. The Hall–Kier alpha value is -1.46. The minimum Gasteiger partial charge on any atom is -0.283 e. The summed E-state index contributed by atoms with van der Waals surface area (Å²) in [5, 5.41) is 8.63. The zero-order chi connectivity index (χ0) is 16.1. The van der Waals surface area contributed by atoms with Crippen LogP contribution in [0.15, 0.2) is 18.2 Å². The molecular weight excluding hydrogens is 329 g/mol. The molecule has 0 aliphatic carbocycles. The van der Waals surface area contributed by atoms with Gasteiger partial charge in [0.15, 0.2) is 0 Å². The van der Waals surface area contributed by atoms with E-state index in [1.54, 1.807) is 6.07 Å². The van der Waals surface area contributed by atoms with Crippen LogP contribution in [0.1, 0.15) is 24.0 Å². The third kappa shape index (κ3) is 5.44. The van der Waals surface area contributed by atoms with Crippen LogP contribution in [-0.4, -0.2) is 20.1 Å². The average molecular weight is 341 g/mol. The quantitative estimate of drug-likeness (QED) is 0.637. The molecule has 0 heterocycles. The summed E-state index contributed by atoms with van der Waals surface area (Å²) < 4.78 is 64.0. The molecule has 1 rings (SSSR count). The van der Waals surface area contributed by atoms with Crippen LogP contribution in [0.3, 0.4) is 0 Å². The number of nitrogens with zero attached hydrogens (tertiary/aromatic N) is 1. The molecule has 0 saturated carbocycles. The van der Waals surface area contributed by atoms with Crippen molar-refractivity contribution in [1.29, 1.82) is 5.26 Å². The summed E-state index contributed by atoms with van der Waals surface area (Å²) in [5.74, 6) is -0.0444. The zero-order valence-corrected chi connectivity index (χ0v) is 12.3. The van der Waals surface area contributed by atoms with Crippen LogP contribution in [0, 0.1) is 11.3 Å². The van der Waals surface area contributed by atoms with Crippen LogP contribution >= 0.6 is 11.6 Å². The van der Waals surface area contributed by atoms with Crippen molar-refractivity contribution in [3.8, 4) is 6.07 Å². The summed E-state index contributed by atoms with van der Waals surface area (Å²) in [4.78, 5) is 0. The molecule has 0 spiro atoms. The molecule has 9 heteroatoms. The number of alkyl halides is 4. The maximum Gasteiger partial charge on any atom is 0.418 e. The van der Waals surface area contributed by atoms with E-state index in [1.807, 2.05) is 4.72 Å². The summed E-state index contributed by atoms with van der Waals surface area (Å²) in [6.45, 7) is 0. The van der Waals surface area contributed by atoms with Gasteiger partial charge < -0.3 is 0 Å². The number of unbranched alkanes of at least 4 members (excludes halogenated alkanes) is 1. The number of sulfonamides is 1. The molecule has 0 aromatic heterocycles. The van der Waals surface area contributed by atoms with Gasteiger partial charge in [0.05, 0.1) is 28.6 Å². The summed E-state index contributed by atoms with van der Waals surface area (Å²) in [7, 11) is -3.90. The lowest BCUT2D eigenvalue weighted by Crippen LogP contribution is -2.20. The van der Waals surface area contributed by atoms with Gasteiger partial charge in [-0.05, 0) is 31.0 Å². The highest BCUT2D eigenvalue weighted by molar-refractivity contribution is 7.92. The minimum absolute atomic E-state index is 0.201. The Kier molecular flexibility index (Phi) is 5.87.